The Hall–Kier alpha value is -2.70. The summed E-state index contributed by atoms with van der Waals surface area (Å²) in [5.41, 5.74) is 4.26. The van der Waals surface area contributed by atoms with Gasteiger partial charge in [-0.25, -0.2) is 10.4 Å². The highest BCUT2D eigenvalue weighted by atomic mass is 35.5. The lowest BCUT2D eigenvalue weighted by atomic mass is 10.2. The molecule has 0 atom stereocenters. The summed E-state index contributed by atoms with van der Waals surface area (Å²) in [5.74, 6) is 0.461. The number of thiazole rings is 1. The van der Waals surface area contributed by atoms with Crippen LogP contribution in [-0.4, -0.2) is 24.2 Å². The Morgan fingerprint density at radius 2 is 1.92 bits per heavy atom. The monoisotopic (exact) mass is 371 g/mol. The first-order valence-corrected chi connectivity index (χ1v) is 8.54. The smallest absolute Gasteiger partial charge is 0.283 e. The first-order valence-electron chi connectivity index (χ1n) is 7.35. The van der Waals surface area contributed by atoms with E-state index >= 15 is 0 Å². The van der Waals surface area contributed by atoms with Gasteiger partial charge in [0.2, 0.25) is 0 Å². The second-order valence-corrected chi connectivity index (χ2v) is 6.48. The van der Waals surface area contributed by atoms with E-state index in [4.69, 9.17) is 16.3 Å². The number of methoxy groups -OCH3 is 1. The molecule has 0 fully saturated rings. The largest absolute Gasteiger partial charge is 0.497 e. The summed E-state index contributed by atoms with van der Waals surface area (Å²) in [5, 5.41) is 5.37. The minimum atomic E-state index is -0.303. The predicted octanol–water partition coefficient (Wildman–Crippen LogP) is 4.24. The molecule has 2 aromatic carbocycles. The van der Waals surface area contributed by atoms with Crippen LogP contribution in [0.1, 0.15) is 15.2 Å². The van der Waals surface area contributed by atoms with E-state index in [2.05, 4.69) is 15.5 Å². The van der Waals surface area contributed by atoms with Crippen LogP contribution < -0.4 is 10.2 Å². The molecular weight excluding hydrogens is 358 g/mol. The quantitative estimate of drug-likeness (QED) is 0.539. The van der Waals surface area contributed by atoms with Gasteiger partial charge in [-0.15, -0.1) is 11.3 Å². The van der Waals surface area contributed by atoms with Gasteiger partial charge in [0, 0.05) is 10.6 Å². The molecule has 0 bridgehead atoms. The highest BCUT2D eigenvalue weighted by molar-refractivity contribution is 7.16. The second-order valence-electron chi connectivity index (χ2n) is 5.01. The van der Waals surface area contributed by atoms with Crippen molar-refractivity contribution in [2.45, 2.75) is 0 Å². The van der Waals surface area contributed by atoms with Gasteiger partial charge in [-0.3, -0.25) is 4.79 Å². The number of hydrogen-bond acceptors (Lipinski definition) is 5. The summed E-state index contributed by atoms with van der Waals surface area (Å²) in [6, 6.07) is 14.7. The summed E-state index contributed by atoms with van der Waals surface area (Å²) in [4.78, 5) is 16.9. The van der Waals surface area contributed by atoms with Crippen LogP contribution in [0.3, 0.4) is 0 Å². The van der Waals surface area contributed by atoms with Crippen molar-refractivity contribution in [2.75, 3.05) is 7.11 Å². The molecule has 0 radical (unpaired) electrons. The first kappa shape index (κ1) is 17.1. The van der Waals surface area contributed by atoms with Crippen LogP contribution in [0.15, 0.2) is 59.8 Å². The summed E-state index contributed by atoms with van der Waals surface area (Å²) >= 11 is 7.17. The zero-order valence-corrected chi connectivity index (χ0v) is 14.8. The van der Waals surface area contributed by atoms with Crippen molar-refractivity contribution in [3.05, 3.63) is 70.2 Å². The SMILES string of the molecule is COc1ccc(/C=N\NC(=O)c2cnc(-c3ccc(Cl)cc3)s2)cc1. The Morgan fingerprint density at radius 3 is 2.60 bits per heavy atom. The van der Waals surface area contributed by atoms with E-state index < -0.39 is 0 Å². The maximum Gasteiger partial charge on any atom is 0.283 e. The highest BCUT2D eigenvalue weighted by Gasteiger charge is 2.11. The van der Waals surface area contributed by atoms with Gasteiger partial charge in [-0.1, -0.05) is 23.7 Å². The molecule has 0 saturated heterocycles. The minimum absolute atomic E-state index is 0.303. The number of hydrogen-bond donors (Lipinski definition) is 1. The predicted molar refractivity (Wildman–Crippen MR) is 101 cm³/mol. The normalized spacial score (nSPS) is 10.8. The van der Waals surface area contributed by atoms with E-state index in [1.165, 1.54) is 17.5 Å². The van der Waals surface area contributed by atoms with Gasteiger partial charge in [-0.2, -0.15) is 5.10 Å². The van der Waals surface area contributed by atoms with Crippen LogP contribution in [0.2, 0.25) is 5.02 Å². The van der Waals surface area contributed by atoms with Crippen molar-refractivity contribution in [1.82, 2.24) is 10.4 Å². The van der Waals surface area contributed by atoms with Gasteiger partial charge in [0.05, 0.1) is 19.5 Å². The molecule has 3 rings (SSSR count). The molecule has 126 valence electrons. The molecule has 3 aromatic rings. The Labute approximate surface area is 153 Å². The molecule has 1 aromatic heterocycles. The third-order valence-electron chi connectivity index (χ3n) is 3.32. The fourth-order valence-electron chi connectivity index (χ4n) is 2.02. The van der Waals surface area contributed by atoms with Crippen LogP contribution in [0.4, 0.5) is 0 Å². The fourth-order valence-corrected chi connectivity index (χ4v) is 2.95. The average Bonchev–Trinajstić information content (AvgIpc) is 3.13. The lowest BCUT2D eigenvalue weighted by molar-refractivity contribution is 0.0959. The van der Waals surface area contributed by atoms with E-state index in [-0.39, 0.29) is 5.91 Å². The summed E-state index contributed by atoms with van der Waals surface area (Å²) in [6.45, 7) is 0. The van der Waals surface area contributed by atoms with E-state index in [1.54, 1.807) is 25.5 Å². The van der Waals surface area contributed by atoms with Crippen LogP contribution >= 0.6 is 22.9 Å². The average molecular weight is 372 g/mol. The number of nitrogens with zero attached hydrogens (tertiary/aromatic N) is 2. The maximum atomic E-state index is 12.1. The number of halogens is 1. The van der Waals surface area contributed by atoms with Crippen molar-refractivity contribution in [1.29, 1.82) is 0 Å². The van der Waals surface area contributed by atoms with Crippen LogP contribution in [0, 0.1) is 0 Å². The van der Waals surface area contributed by atoms with E-state index in [0.29, 0.717) is 9.90 Å². The molecule has 1 heterocycles. The highest BCUT2D eigenvalue weighted by Crippen LogP contribution is 2.26. The summed E-state index contributed by atoms with van der Waals surface area (Å²) in [7, 11) is 1.61. The maximum absolute atomic E-state index is 12.1. The van der Waals surface area contributed by atoms with E-state index in [1.807, 2.05) is 36.4 Å². The second kappa shape index (κ2) is 7.92. The van der Waals surface area contributed by atoms with Gasteiger partial charge >= 0.3 is 0 Å². The molecule has 7 heteroatoms. The fraction of sp³-hybridized carbons (Fsp3) is 0.0556. The molecular formula is C18H14ClN3O2S. The summed E-state index contributed by atoms with van der Waals surface area (Å²) < 4.78 is 5.09. The van der Waals surface area contributed by atoms with E-state index in [9.17, 15) is 4.79 Å². The Bertz CT molecular complexity index is 889. The number of hydrazone groups is 1. The van der Waals surface area contributed by atoms with Gasteiger partial charge < -0.3 is 4.74 Å². The number of benzene rings is 2. The molecule has 0 spiro atoms. The molecule has 0 aliphatic rings. The number of ether oxygens (including phenoxy) is 1. The third kappa shape index (κ3) is 4.43. The van der Waals surface area contributed by atoms with Crippen molar-refractivity contribution in [3.8, 4) is 16.3 Å². The Kier molecular flexibility index (Phi) is 5.42. The first-order chi connectivity index (χ1) is 12.2. The zero-order valence-electron chi connectivity index (χ0n) is 13.3. The molecule has 1 amide bonds. The molecule has 0 aliphatic carbocycles. The molecule has 0 unspecified atom stereocenters. The molecule has 0 saturated carbocycles. The van der Waals surface area contributed by atoms with Crippen molar-refractivity contribution < 1.29 is 9.53 Å². The van der Waals surface area contributed by atoms with Gasteiger partial charge in [0.15, 0.2) is 0 Å². The standard InChI is InChI=1S/C18H14ClN3O2S/c1-24-15-8-2-12(3-9-15)10-21-22-17(23)16-11-20-18(25-16)13-4-6-14(19)7-5-13/h2-11H,1H3,(H,22,23)/b21-10-. The van der Waals surface area contributed by atoms with Gasteiger partial charge in [0.1, 0.15) is 15.6 Å². The Morgan fingerprint density at radius 1 is 1.20 bits per heavy atom. The third-order valence-corrected chi connectivity index (χ3v) is 4.61. The van der Waals surface area contributed by atoms with E-state index in [0.717, 1.165) is 21.9 Å². The molecule has 5 nitrogen and oxygen atoms in total. The number of aromatic nitrogens is 1. The molecule has 1 N–H and O–H groups in total. The molecule has 25 heavy (non-hydrogen) atoms. The number of carbonyl (C=O) groups is 1. The minimum Gasteiger partial charge on any atom is -0.497 e. The molecule has 0 aliphatic heterocycles. The van der Waals surface area contributed by atoms with Gasteiger partial charge in [-0.05, 0) is 42.0 Å². The van der Waals surface area contributed by atoms with Crippen LogP contribution in [0.25, 0.3) is 10.6 Å². The van der Waals surface area contributed by atoms with Crippen molar-refractivity contribution >= 4 is 35.1 Å². The summed E-state index contributed by atoms with van der Waals surface area (Å²) in [6.07, 6.45) is 3.10. The number of carbonyl (C=O) groups excluding carboxylic acids is 1. The lowest BCUT2D eigenvalue weighted by Crippen LogP contribution is -2.16. The van der Waals surface area contributed by atoms with Gasteiger partial charge in [0.25, 0.3) is 5.91 Å². The number of rotatable bonds is 5. The number of amides is 1. The van der Waals surface area contributed by atoms with Crippen LogP contribution in [0.5, 0.6) is 5.75 Å². The topological polar surface area (TPSA) is 63.6 Å². The number of nitrogens with one attached hydrogen (secondary N) is 1. The van der Waals surface area contributed by atoms with Crippen molar-refractivity contribution in [3.63, 3.8) is 0 Å². The van der Waals surface area contributed by atoms with Crippen molar-refractivity contribution in [2.24, 2.45) is 5.10 Å². The Balaban J connectivity index is 1.63. The van der Waals surface area contributed by atoms with Crippen LogP contribution in [-0.2, 0) is 0 Å². The lowest BCUT2D eigenvalue weighted by Gasteiger charge is -1.99. The zero-order chi connectivity index (χ0) is 17.6.